The Morgan fingerprint density at radius 2 is 1.74 bits per heavy atom. The first-order valence-electron chi connectivity index (χ1n) is 11.1. The first-order valence-corrected chi connectivity index (χ1v) is 12.6. The van der Waals surface area contributed by atoms with E-state index in [4.69, 9.17) is 10.5 Å². The SMILES string of the molecule is CCc1ccc([C@@H]2C(C#N)=C(N)OC3=C2S(=O)(=O)N(Cc2ccccc2F)c2ccccc23)cc1. The molecule has 0 saturated heterocycles. The molecule has 2 aliphatic heterocycles. The van der Waals surface area contributed by atoms with Gasteiger partial charge < -0.3 is 10.5 Å². The molecule has 0 amide bonds. The van der Waals surface area contributed by atoms with Gasteiger partial charge in [0.2, 0.25) is 5.88 Å². The van der Waals surface area contributed by atoms with Gasteiger partial charge in [0.05, 0.1) is 18.2 Å². The molecule has 35 heavy (non-hydrogen) atoms. The molecule has 3 aromatic carbocycles. The molecule has 0 fully saturated rings. The molecule has 2 N–H and O–H groups in total. The molecule has 0 radical (unpaired) electrons. The number of nitrogens with two attached hydrogens (primary N) is 1. The average Bonchev–Trinajstić information content (AvgIpc) is 2.87. The van der Waals surface area contributed by atoms with Gasteiger partial charge in [-0.3, -0.25) is 4.31 Å². The number of nitrogens with zero attached hydrogens (tertiary/aromatic N) is 2. The number of halogens is 1. The standard InChI is InChI=1S/C27H22FN3O3S/c1-2-17-11-13-18(14-12-17)24-21(15-29)27(30)34-25-20-8-4-6-10-23(20)31(35(32,33)26(24)25)16-19-7-3-5-9-22(19)28/h3-14,24H,2,16,30H2,1H3/t24-/m1/s1. The van der Waals surface area contributed by atoms with Crippen molar-refractivity contribution in [1.29, 1.82) is 5.26 Å². The molecule has 0 unspecified atom stereocenters. The molecule has 3 aromatic rings. The third kappa shape index (κ3) is 3.65. The van der Waals surface area contributed by atoms with E-state index < -0.39 is 21.8 Å². The fourth-order valence-corrected chi connectivity index (χ4v) is 6.44. The quantitative estimate of drug-likeness (QED) is 0.564. The summed E-state index contributed by atoms with van der Waals surface area (Å²) in [5.41, 5.74) is 8.92. The second kappa shape index (κ2) is 8.60. The maximum absolute atomic E-state index is 14.6. The number of sulfonamides is 1. The van der Waals surface area contributed by atoms with Crippen molar-refractivity contribution in [3.05, 3.63) is 117 Å². The van der Waals surface area contributed by atoms with E-state index >= 15 is 0 Å². The van der Waals surface area contributed by atoms with Crippen molar-refractivity contribution in [3.63, 3.8) is 0 Å². The van der Waals surface area contributed by atoms with Gasteiger partial charge in [-0.25, -0.2) is 12.8 Å². The zero-order valence-electron chi connectivity index (χ0n) is 18.9. The van der Waals surface area contributed by atoms with Crippen molar-refractivity contribution in [2.24, 2.45) is 5.73 Å². The van der Waals surface area contributed by atoms with E-state index in [1.165, 1.54) is 10.4 Å². The fraction of sp³-hybridized carbons (Fsp3) is 0.148. The van der Waals surface area contributed by atoms with E-state index in [1.54, 1.807) is 54.6 Å². The molecule has 0 aromatic heterocycles. The molecule has 2 aliphatic rings. The number of allylic oxidation sites excluding steroid dienone is 2. The van der Waals surface area contributed by atoms with Crippen LogP contribution >= 0.6 is 0 Å². The summed E-state index contributed by atoms with van der Waals surface area (Å²) < 4.78 is 49.9. The minimum atomic E-state index is -4.25. The predicted molar refractivity (Wildman–Crippen MR) is 131 cm³/mol. The van der Waals surface area contributed by atoms with Crippen molar-refractivity contribution in [1.82, 2.24) is 0 Å². The van der Waals surface area contributed by atoms with E-state index in [-0.39, 0.29) is 34.2 Å². The van der Waals surface area contributed by atoms with Crippen molar-refractivity contribution >= 4 is 21.5 Å². The smallest absolute Gasteiger partial charge is 0.265 e. The van der Waals surface area contributed by atoms with Crippen LogP contribution < -0.4 is 10.0 Å². The summed E-state index contributed by atoms with van der Waals surface area (Å²) in [5.74, 6) is -1.51. The van der Waals surface area contributed by atoms with Gasteiger partial charge in [-0.05, 0) is 35.7 Å². The van der Waals surface area contributed by atoms with Crippen LogP contribution in [0.1, 0.15) is 35.1 Å². The highest BCUT2D eigenvalue weighted by Crippen LogP contribution is 2.51. The Labute approximate surface area is 203 Å². The molecule has 176 valence electrons. The molecule has 0 saturated carbocycles. The highest BCUT2D eigenvalue weighted by atomic mass is 32.2. The summed E-state index contributed by atoms with van der Waals surface area (Å²) >= 11 is 0. The molecular formula is C27H22FN3O3S. The van der Waals surface area contributed by atoms with Crippen LogP contribution in [0.3, 0.4) is 0 Å². The molecule has 0 aliphatic carbocycles. The second-order valence-electron chi connectivity index (χ2n) is 8.33. The Bertz CT molecular complexity index is 1540. The van der Waals surface area contributed by atoms with Crippen LogP contribution in [-0.2, 0) is 27.7 Å². The van der Waals surface area contributed by atoms with Crippen LogP contribution in [0.5, 0.6) is 0 Å². The molecular weight excluding hydrogens is 465 g/mol. The number of benzene rings is 3. The largest absolute Gasteiger partial charge is 0.439 e. The summed E-state index contributed by atoms with van der Waals surface area (Å²) in [6, 6.07) is 22.4. The van der Waals surface area contributed by atoms with Crippen molar-refractivity contribution in [2.45, 2.75) is 25.8 Å². The minimum absolute atomic E-state index is 0.0156. The normalized spacial score (nSPS) is 18.4. The fourth-order valence-electron chi connectivity index (χ4n) is 4.54. The van der Waals surface area contributed by atoms with Gasteiger partial charge in [0.25, 0.3) is 10.0 Å². The van der Waals surface area contributed by atoms with Gasteiger partial charge in [0.15, 0.2) is 5.76 Å². The number of aryl methyl sites for hydroxylation is 1. The summed E-state index contributed by atoms with van der Waals surface area (Å²) in [6.07, 6.45) is 0.813. The first-order chi connectivity index (χ1) is 16.9. The monoisotopic (exact) mass is 487 g/mol. The van der Waals surface area contributed by atoms with Crippen LogP contribution in [0, 0.1) is 17.1 Å². The van der Waals surface area contributed by atoms with E-state index in [0.29, 0.717) is 16.8 Å². The molecule has 5 rings (SSSR count). The van der Waals surface area contributed by atoms with Crippen molar-refractivity contribution in [2.75, 3.05) is 4.31 Å². The number of nitriles is 1. The van der Waals surface area contributed by atoms with Crippen molar-refractivity contribution < 1.29 is 17.5 Å². The molecule has 1 atom stereocenters. The van der Waals surface area contributed by atoms with Crippen molar-refractivity contribution in [3.8, 4) is 6.07 Å². The Morgan fingerprint density at radius 3 is 2.43 bits per heavy atom. The number of rotatable bonds is 4. The maximum Gasteiger partial charge on any atom is 0.265 e. The van der Waals surface area contributed by atoms with Crippen LogP contribution in [0.25, 0.3) is 5.76 Å². The lowest BCUT2D eigenvalue weighted by molar-refractivity contribution is 0.357. The number of ether oxygens (including phenoxy) is 1. The highest BCUT2D eigenvalue weighted by Gasteiger charge is 2.47. The zero-order valence-corrected chi connectivity index (χ0v) is 19.7. The minimum Gasteiger partial charge on any atom is -0.439 e. The molecule has 0 bridgehead atoms. The lowest BCUT2D eigenvalue weighted by Crippen LogP contribution is -2.39. The summed E-state index contributed by atoms with van der Waals surface area (Å²) in [4.78, 5) is -0.0810. The lowest BCUT2D eigenvalue weighted by Gasteiger charge is -2.38. The number of hydrogen-bond acceptors (Lipinski definition) is 5. The Kier molecular flexibility index (Phi) is 5.58. The molecule has 0 spiro atoms. The number of para-hydroxylation sites is 1. The third-order valence-corrected chi connectivity index (χ3v) is 8.23. The van der Waals surface area contributed by atoms with E-state index in [2.05, 4.69) is 6.07 Å². The van der Waals surface area contributed by atoms with Crippen LogP contribution in [0.15, 0.2) is 89.2 Å². The Hall–Kier alpha value is -4.09. The van der Waals surface area contributed by atoms with Gasteiger partial charge in [-0.15, -0.1) is 0 Å². The van der Waals surface area contributed by atoms with Gasteiger partial charge in [-0.2, -0.15) is 5.26 Å². The van der Waals surface area contributed by atoms with E-state index in [1.807, 2.05) is 19.1 Å². The van der Waals surface area contributed by atoms with E-state index in [9.17, 15) is 18.1 Å². The molecule has 8 heteroatoms. The second-order valence-corrected chi connectivity index (χ2v) is 10.2. The third-order valence-electron chi connectivity index (χ3n) is 6.35. The zero-order chi connectivity index (χ0) is 24.7. The van der Waals surface area contributed by atoms with Gasteiger partial charge in [0, 0.05) is 11.1 Å². The van der Waals surface area contributed by atoms with Gasteiger partial charge >= 0.3 is 0 Å². The predicted octanol–water partition coefficient (Wildman–Crippen LogP) is 4.91. The van der Waals surface area contributed by atoms with E-state index in [0.717, 1.165) is 12.0 Å². The molecule has 2 heterocycles. The number of hydrogen-bond donors (Lipinski definition) is 1. The Morgan fingerprint density at radius 1 is 1.06 bits per heavy atom. The van der Waals surface area contributed by atoms with Crippen LogP contribution in [0.4, 0.5) is 10.1 Å². The lowest BCUT2D eigenvalue weighted by atomic mass is 9.87. The summed E-state index contributed by atoms with van der Waals surface area (Å²) in [7, 11) is -4.25. The topological polar surface area (TPSA) is 96.4 Å². The highest BCUT2D eigenvalue weighted by molar-refractivity contribution is 7.96. The number of anilines is 1. The average molecular weight is 488 g/mol. The summed E-state index contributed by atoms with van der Waals surface area (Å²) in [5, 5.41) is 9.94. The van der Waals surface area contributed by atoms with Crippen LogP contribution in [-0.4, -0.2) is 8.42 Å². The van der Waals surface area contributed by atoms with Gasteiger partial charge in [-0.1, -0.05) is 61.5 Å². The maximum atomic E-state index is 14.6. The Balaban J connectivity index is 1.75. The summed E-state index contributed by atoms with van der Waals surface area (Å²) in [6.45, 7) is 1.80. The number of fused-ring (bicyclic) bond motifs is 2. The molecule has 6 nitrogen and oxygen atoms in total. The van der Waals surface area contributed by atoms with Crippen LogP contribution in [0.2, 0.25) is 0 Å². The van der Waals surface area contributed by atoms with Gasteiger partial charge in [0.1, 0.15) is 22.4 Å². The first kappa shape index (κ1) is 22.7.